The first-order chi connectivity index (χ1) is 8.61. The van der Waals surface area contributed by atoms with Crippen molar-refractivity contribution in [3.63, 3.8) is 0 Å². The number of methoxy groups -OCH3 is 1. The average Bonchev–Trinajstić information content (AvgIpc) is 2.74. The Kier molecular flexibility index (Phi) is 3.83. The molecule has 0 aliphatic carbocycles. The first-order valence-electron chi connectivity index (χ1n) is 4.97. The number of nitrogens with one attached hydrogen (secondary N) is 1. The second-order valence-electron chi connectivity index (χ2n) is 3.35. The van der Waals surface area contributed by atoms with Gasteiger partial charge in [-0.3, -0.25) is 10.1 Å². The lowest BCUT2D eigenvalue weighted by molar-refractivity contribution is 0.102. The van der Waals surface area contributed by atoms with E-state index in [-0.39, 0.29) is 5.91 Å². The van der Waals surface area contributed by atoms with Crippen molar-refractivity contribution in [2.75, 3.05) is 18.2 Å². The number of ether oxygens (including phenoxy) is 1. The third-order valence-electron chi connectivity index (χ3n) is 2.20. The number of benzene rings is 1. The molecule has 1 heterocycles. The average molecular weight is 328 g/mol. The number of halogens is 1. The topological polar surface area (TPSA) is 77.2 Å². The Morgan fingerprint density at radius 1 is 1.56 bits per heavy atom. The Morgan fingerprint density at radius 3 is 2.94 bits per heavy atom. The van der Waals surface area contributed by atoms with Crippen LogP contribution in [0.5, 0.6) is 5.75 Å². The maximum absolute atomic E-state index is 12.1. The summed E-state index contributed by atoms with van der Waals surface area (Å²) in [4.78, 5) is 16.1. The van der Waals surface area contributed by atoms with Gasteiger partial charge in [-0.25, -0.2) is 4.98 Å². The number of hydrogen-bond donors (Lipinski definition) is 2. The van der Waals surface area contributed by atoms with Gasteiger partial charge >= 0.3 is 0 Å². The van der Waals surface area contributed by atoms with E-state index >= 15 is 0 Å². The lowest BCUT2D eigenvalue weighted by Gasteiger charge is -2.09. The first-order valence-corrected chi connectivity index (χ1v) is 6.58. The maximum atomic E-state index is 12.1. The number of nitrogens with zero attached hydrogens (tertiary/aromatic N) is 1. The summed E-state index contributed by atoms with van der Waals surface area (Å²) in [5.74, 6) is 0.0925. The van der Waals surface area contributed by atoms with Gasteiger partial charge in [-0.05, 0) is 28.1 Å². The SMILES string of the molecule is COc1cccc(N)c1C(=O)Nc1ncc(Br)s1. The van der Waals surface area contributed by atoms with Crippen LogP contribution < -0.4 is 15.8 Å². The third-order valence-corrected chi connectivity index (χ3v) is 3.59. The summed E-state index contributed by atoms with van der Waals surface area (Å²) in [6.07, 6.45) is 1.62. The molecule has 2 rings (SSSR count). The molecule has 0 atom stereocenters. The van der Waals surface area contributed by atoms with Crippen molar-refractivity contribution >= 4 is 44.0 Å². The molecule has 1 amide bonds. The number of carbonyl (C=O) groups is 1. The highest BCUT2D eigenvalue weighted by Gasteiger charge is 2.16. The fourth-order valence-electron chi connectivity index (χ4n) is 1.43. The van der Waals surface area contributed by atoms with E-state index in [1.54, 1.807) is 24.4 Å². The van der Waals surface area contributed by atoms with Crippen molar-refractivity contribution in [2.45, 2.75) is 0 Å². The van der Waals surface area contributed by atoms with Gasteiger partial charge in [-0.15, -0.1) is 0 Å². The molecule has 0 radical (unpaired) electrons. The van der Waals surface area contributed by atoms with Crippen molar-refractivity contribution in [3.05, 3.63) is 33.7 Å². The van der Waals surface area contributed by atoms with E-state index in [1.807, 2.05) is 0 Å². The lowest BCUT2D eigenvalue weighted by atomic mass is 10.1. The van der Waals surface area contributed by atoms with Crippen LogP contribution in [0, 0.1) is 0 Å². The molecule has 0 fully saturated rings. The molecule has 0 saturated carbocycles. The van der Waals surface area contributed by atoms with E-state index in [0.717, 1.165) is 3.79 Å². The van der Waals surface area contributed by atoms with Gasteiger partial charge in [-0.1, -0.05) is 17.4 Å². The molecule has 18 heavy (non-hydrogen) atoms. The van der Waals surface area contributed by atoms with E-state index in [1.165, 1.54) is 18.4 Å². The molecular weight excluding hydrogens is 318 g/mol. The van der Waals surface area contributed by atoms with Crippen LogP contribution in [0.15, 0.2) is 28.2 Å². The van der Waals surface area contributed by atoms with Crippen molar-refractivity contribution in [2.24, 2.45) is 0 Å². The van der Waals surface area contributed by atoms with Gasteiger partial charge in [0.2, 0.25) is 0 Å². The Bertz CT molecular complexity index is 585. The number of thiazole rings is 1. The Balaban J connectivity index is 2.28. The van der Waals surface area contributed by atoms with E-state index < -0.39 is 0 Å². The molecular formula is C11H10BrN3O2S. The largest absolute Gasteiger partial charge is 0.496 e. The van der Waals surface area contributed by atoms with Crippen LogP contribution in [-0.2, 0) is 0 Å². The van der Waals surface area contributed by atoms with E-state index in [2.05, 4.69) is 26.2 Å². The van der Waals surface area contributed by atoms with Gasteiger partial charge in [0.25, 0.3) is 5.91 Å². The molecule has 1 aromatic carbocycles. The standard InChI is InChI=1S/C11H10BrN3O2S/c1-17-7-4-2-3-6(13)9(7)10(16)15-11-14-5-8(12)18-11/h2-5H,13H2,1H3,(H,14,15,16). The fourth-order valence-corrected chi connectivity index (χ4v) is 2.53. The molecule has 0 unspecified atom stereocenters. The van der Waals surface area contributed by atoms with Crippen LogP contribution in [-0.4, -0.2) is 18.0 Å². The summed E-state index contributed by atoms with van der Waals surface area (Å²) < 4.78 is 5.96. The zero-order chi connectivity index (χ0) is 13.1. The zero-order valence-electron chi connectivity index (χ0n) is 9.44. The number of rotatable bonds is 3. The highest BCUT2D eigenvalue weighted by atomic mass is 79.9. The van der Waals surface area contributed by atoms with Gasteiger partial charge in [0.05, 0.1) is 17.1 Å². The number of carbonyl (C=O) groups excluding carboxylic acids is 1. The predicted molar refractivity (Wildman–Crippen MR) is 75.2 cm³/mol. The zero-order valence-corrected chi connectivity index (χ0v) is 11.8. The molecule has 1 aromatic heterocycles. The Morgan fingerprint density at radius 2 is 2.33 bits per heavy atom. The van der Waals surface area contributed by atoms with Crippen molar-refractivity contribution in [3.8, 4) is 5.75 Å². The highest BCUT2D eigenvalue weighted by molar-refractivity contribution is 9.11. The maximum Gasteiger partial charge on any atom is 0.263 e. The molecule has 2 aromatic rings. The number of hydrogen-bond acceptors (Lipinski definition) is 5. The molecule has 0 aliphatic heterocycles. The number of aromatic nitrogens is 1. The van der Waals surface area contributed by atoms with E-state index in [9.17, 15) is 4.79 Å². The summed E-state index contributed by atoms with van der Waals surface area (Å²) in [5, 5.41) is 3.17. The number of nitrogen functional groups attached to an aromatic ring is 1. The molecule has 7 heteroatoms. The second-order valence-corrected chi connectivity index (χ2v) is 5.76. The Hall–Kier alpha value is -1.60. The number of amides is 1. The summed E-state index contributed by atoms with van der Waals surface area (Å²) in [6.45, 7) is 0. The predicted octanol–water partition coefficient (Wildman–Crippen LogP) is 2.75. The van der Waals surface area contributed by atoms with Crippen molar-refractivity contribution < 1.29 is 9.53 Å². The van der Waals surface area contributed by atoms with Crippen LogP contribution >= 0.6 is 27.3 Å². The van der Waals surface area contributed by atoms with Crippen molar-refractivity contribution in [1.29, 1.82) is 0 Å². The molecule has 94 valence electrons. The monoisotopic (exact) mass is 327 g/mol. The molecule has 0 saturated heterocycles. The lowest BCUT2D eigenvalue weighted by Crippen LogP contribution is -2.15. The molecule has 3 N–H and O–H groups in total. The van der Waals surface area contributed by atoms with Gasteiger partial charge in [-0.2, -0.15) is 0 Å². The molecule has 5 nitrogen and oxygen atoms in total. The fraction of sp³-hybridized carbons (Fsp3) is 0.0909. The van der Waals surface area contributed by atoms with Crippen LogP contribution in [0.25, 0.3) is 0 Å². The second kappa shape index (κ2) is 5.36. The minimum absolute atomic E-state index is 0.311. The van der Waals surface area contributed by atoms with Gasteiger partial charge in [0.15, 0.2) is 5.13 Å². The molecule has 0 bridgehead atoms. The van der Waals surface area contributed by atoms with Crippen molar-refractivity contribution in [1.82, 2.24) is 4.98 Å². The Labute approximate surface area is 116 Å². The number of anilines is 2. The van der Waals surface area contributed by atoms with Crippen LogP contribution in [0.4, 0.5) is 10.8 Å². The first kappa shape index (κ1) is 12.8. The third kappa shape index (κ3) is 2.62. The van der Waals surface area contributed by atoms with E-state index in [0.29, 0.717) is 22.1 Å². The summed E-state index contributed by atoms with van der Waals surface area (Å²) >= 11 is 4.60. The summed E-state index contributed by atoms with van der Waals surface area (Å²) in [6, 6.07) is 5.06. The van der Waals surface area contributed by atoms with Gasteiger partial charge < -0.3 is 10.5 Å². The summed E-state index contributed by atoms with van der Waals surface area (Å²) in [5.41, 5.74) is 6.46. The highest BCUT2D eigenvalue weighted by Crippen LogP contribution is 2.27. The summed E-state index contributed by atoms with van der Waals surface area (Å²) in [7, 11) is 1.49. The van der Waals surface area contributed by atoms with Crippen LogP contribution in [0.2, 0.25) is 0 Å². The molecule has 0 aliphatic rings. The van der Waals surface area contributed by atoms with Crippen LogP contribution in [0.3, 0.4) is 0 Å². The van der Waals surface area contributed by atoms with E-state index in [4.69, 9.17) is 10.5 Å². The van der Waals surface area contributed by atoms with Crippen LogP contribution in [0.1, 0.15) is 10.4 Å². The molecule has 0 spiro atoms. The van der Waals surface area contributed by atoms with Gasteiger partial charge in [0.1, 0.15) is 11.3 Å². The minimum atomic E-state index is -0.341. The number of nitrogens with two attached hydrogens (primary N) is 1. The quantitative estimate of drug-likeness (QED) is 0.850. The van der Waals surface area contributed by atoms with Gasteiger partial charge in [0, 0.05) is 5.69 Å². The normalized spacial score (nSPS) is 10.1. The minimum Gasteiger partial charge on any atom is -0.496 e. The smallest absolute Gasteiger partial charge is 0.263 e.